The molecular weight excluding hydrogens is 244 g/mol. The Morgan fingerprint density at radius 1 is 1.11 bits per heavy atom. The average Bonchev–Trinajstić information content (AvgIpc) is 2.46. The third-order valence-electron chi connectivity index (χ3n) is 4.39. The van der Waals surface area contributed by atoms with Crippen molar-refractivity contribution in [3.63, 3.8) is 0 Å². The number of carbonyl (C=O) groups excluding carboxylic acids is 1. The van der Waals surface area contributed by atoms with Crippen molar-refractivity contribution >= 4 is 11.9 Å². The molecule has 5 heteroatoms. The highest BCUT2D eigenvalue weighted by Crippen LogP contribution is 2.28. The maximum Gasteiger partial charge on any atom is 0.306 e. The third kappa shape index (κ3) is 4.20. The molecule has 1 atom stereocenters. The fourth-order valence-electron chi connectivity index (χ4n) is 3.06. The van der Waals surface area contributed by atoms with Crippen LogP contribution in [0.3, 0.4) is 0 Å². The second-order valence-corrected chi connectivity index (χ2v) is 5.80. The number of amides is 1. The van der Waals surface area contributed by atoms with E-state index in [9.17, 15) is 9.59 Å². The van der Waals surface area contributed by atoms with E-state index >= 15 is 0 Å². The summed E-state index contributed by atoms with van der Waals surface area (Å²) in [5, 5.41) is 15.2. The van der Waals surface area contributed by atoms with E-state index in [1.54, 1.807) is 0 Å². The number of nitrogens with one attached hydrogen (secondary N) is 2. The number of hydrogen-bond donors (Lipinski definition) is 3. The summed E-state index contributed by atoms with van der Waals surface area (Å²) in [7, 11) is 0. The number of aliphatic carboxylic acids is 1. The van der Waals surface area contributed by atoms with Crippen molar-refractivity contribution < 1.29 is 14.7 Å². The summed E-state index contributed by atoms with van der Waals surface area (Å²) in [5.41, 5.74) is 0. The minimum absolute atomic E-state index is 0.0240. The predicted molar refractivity (Wildman–Crippen MR) is 71.7 cm³/mol. The van der Waals surface area contributed by atoms with Crippen LogP contribution in [-0.4, -0.2) is 36.1 Å². The molecule has 0 aromatic heterocycles. The summed E-state index contributed by atoms with van der Waals surface area (Å²) in [4.78, 5) is 22.8. The van der Waals surface area contributed by atoms with Crippen molar-refractivity contribution in [1.82, 2.24) is 10.6 Å². The van der Waals surface area contributed by atoms with Gasteiger partial charge >= 0.3 is 5.97 Å². The van der Waals surface area contributed by atoms with Crippen molar-refractivity contribution in [3.8, 4) is 0 Å². The lowest BCUT2D eigenvalue weighted by molar-refractivity contribution is -0.143. The van der Waals surface area contributed by atoms with Gasteiger partial charge in [0, 0.05) is 6.54 Å². The lowest BCUT2D eigenvalue weighted by Crippen LogP contribution is -2.47. The van der Waals surface area contributed by atoms with Crippen LogP contribution < -0.4 is 10.6 Å². The largest absolute Gasteiger partial charge is 0.481 e. The van der Waals surface area contributed by atoms with Crippen molar-refractivity contribution in [2.24, 2.45) is 11.8 Å². The summed E-state index contributed by atoms with van der Waals surface area (Å²) >= 11 is 0. The Morgan fingerprint density at radius 2 is 1.84 bits per heavy atom. The molecule has 0 aromatic rings. The van der Waals surface area contributed by atoms with E-state index in [0.717, 1.165) is 51.5 Å². The Balaban J connectivity index is 1.66. The molecule has 0 bridgehead atoms. The minimum atomic E-state index is -0.672. The Hall–Kier alpha value is -1.10. The molecule has 1 saturated heterocycles. The topological polar surface area (TPSA) is 78.4 Å². The molecule has 1 saturated carbocycles. The summed E-state index contributed by atoms with van der Waals surface area (Å²) in [6, 6.07) is -0.0240. The Labute approximate surface area is 114 Å². The molecule has 1 heterocycles. The van der Waals surface area contributed by atoms with Crippen molar-refractivity contribution in [2.75, 3.05) is 13.1 Å². The highest BCUT2D eigenvalue weighted by Gasteiger charge is 2.27. The van der Waals surface area contributed by atoms with Gasteiger partial charge in [-0.1, -0.05) is 6.42 Å². The molecule has 1 aliphatic heterocycles. The first-order valence-electron chi connectivity index (χ1n) is 7.40. The van der Waals surface area contributed by atoms with Gasteiger partial charge in [0.15, 0.2) is 0 Å². The van der Waals surface area contributed by atoms with Crippen LogP contribution in [0.5, 0.6) is 0 Å². The first-order valence-corrected chi connectivity index (χ1v) is 7.40. The van der Waals surface area contributed by atoms with Crippen LogP contribution in [-0.2, 0) is 9.59 Å². The van der Waals surface area contributed by atoms with Gasteiger partial charge in [-0.25, -0.2) is 0 Å². The second-order valence-electron chi connectivity index (χ2n) is 5.80. The number of piperidine rings is 1. The number of carboxylic acid groups (broad SMARTS) is 1. The summed E-state index contributed by atoms with van der Waals surface area (Å²) in [6.07, 6.45) is 6.52. The van der Waals surface area contributed by atoms with Gasteiger partial charge in [-0.3, -0.25) is 9.59 Å². The number of carbonyl (C=O) groups is 2. The highest BCUT2D eigenvalue weighted by atomic mass is 16.4. The maximum atomic E-state index is 11.9. The molecule has 108 valence electrons. The van der Waals surface area contributed by atoms with Gasteiger partial charge in [0.2, 0.25) is 5.91 Å². The van der Waals surface area contributed by atoms with Gasteiger partial charge in [-0.2, -0.15) is 0 Å². The molecule has 5 nitrogen and oxygen atoms in total. The SMILES string of the molecule is O=C(O)C1CCC(CNC(=O)[C@H]2CCCCN2)CC1. The molecular formula is C14H24N2O3. The summed E-state index contributed by atoms with van der Waals surface area (Å²) < 4.78 is 0. The fraction of sp³-hybridized carbons (Fsp3) is 0.857. The monoisotopic (exact) mass is 268 g/mol. The predicted octanol–water partition coefficient (Wildman–Crippen LogP) is 1.14. The molecule has 1 aliphatic carbocycles. The average molecular weight is 268 g/mol. The van der Waals surface area contributed by atoms with Crippen LogP contribution >= 0.6 is 0 Å². The molecule has 1 amide bonds. The van der Waals surface area contributed by atoms with Crippen molar-refractivity contribution in [3.05, 3.63) is 0 Å². The first kappa shape index (κ1) is 14.3. The molecule has 19 heavy (non-hydrogen) atoms. The number of hydrogen-bond acceptors (Lipinski definition) is 3. The van der Waals surface area contributed by atoms with E-state index in [1.165, 1.54) is 0 Å². The van der Waals surface area contributed by atoms with Crippen LogP contribution in [0.25, 0.3) is 0 Å². The lowest BCUT2D eigenvalue weighted by Gasteiger charge is -2.28. The summed E-state index contributed by atoms with van der Waals surface area (Å²) in [6.45, 7) is 1.63. The quantitative estimate of drug-likeness (QED) is 0.714. The van der Waals surface area contributed by atoms with Gasteiger partial charge < -0.3 is 15.7 Å². The van der Waals surface area contributed by atoms with Gasteiger partial charge in [0.1, 0.15) is 0 Å². The molecule has 2 fully saturated rings. The van der Waals surface area contributed by atoms with Crippen LogP contribution in [0, 0.1) is 11.8 Å². The molecule has 3 N–H and O–H groups in total. The maximum absolute atomic E-state index is 11.9. The van der Waals surface area contributed by atoms with Crippen LogP contribution in [0.1, 0.15) is 44.9 Å². The molecule has 0 aromatic carbocycles. The van der Waals surface area contributed by atoms with E-state index in [2.05, 4.69) is 10.6 Å². The van der Waals surface area contributed by atoms with E-state index in [1.807, 2.05) is 0 Å². The number of carboxylic acids is 1. The van der Waals surface area contributed by atoms with E-state index in [-0.39, 0.29) is 17.9 Å². The smallest absolute Gasteiger partial charge is 0.306 e. The van der Waals surface area contributed by atoms with Gasteiger partial charge in [-0.05, 0) is 51.0 Å². The van der Waals surface area contributed by atoms with Crippen molar-refractivity contribution in [1.29, 1.82) is 0 Å². The Bertz CT molecular complexity index is 319. The van der Waals surface area contributed by atoms with Crippen LogP contribution in [0.15, 0.2) is 0 Å². The first-order chi connectivity index (χ1) is 9.16. The van der Waals surface area contributed by atoms with Gasteiger partial charge in [-0.15, -0.1) is 0 Å². The fourth-order valence-corrected chi connectivity index (χ4v) is 3.06. The second kappa shape index (κ2) is 6.89. The van der Waals surface area contributed by atoms with Crippen molar-refractivity contribution in [2.45, 2.75) is 51.0 Å². The molecule has 2 aliphatic rings. The van der Waals surface area contributed by atoms with E-state index < -0.39 is 5.97 Å². The zero-order chi connectivity index (χ0) is 13.7. The standard InChI is InChI=1S/C14H24N2O3/c17-13(12-3-1-2-8-15-12)16-9-10-4-6-11(7-5-10)14(18)19/h10-12,15H,1-9H2,(H,16,17)(H,18,19)/t10?,11?,12-/m1/s1. The van der Waals surface area contributed by atoms with E-state index in [4.69, 9.17) is 5.11 Å². The molecule has 0 spiro atoms. The number of rotatable bonds is 4. The third-order valence-corrected chi connectivity index (χ3v) is 4.39. The zero-order valence-electron chi connectivity index (χ0n) is 11.4. The van der Waals surface area contributed by atoms with E-state index in [0.29, 0.717) is 12.5 Å². The Morgan fingerprint density at radius 3 is 2.42 bits per heavy atom. The minimum Gasteiger partial charge on any atom is -0.481 e. The molecule has 0 unspecified atom stereocenters. The van der Waals surface area contributed by atoms with Gasteiger partial charge in [0.05, 0.1) is 12.0 Å². The normalized spacial score (nSPS) is 31.7. The molecule has 0 radical (unpaired) electrons. The van der Waals surface area contributed by atoms with Crippen LogP contribution in [0.4, 0.5) is 0 Å². The Kier molecular flexibility index (Phi) is 5.19. The van der Waals surface area contributed by atoms with Crippen LogP contribution in [0.2, 0.25) is 0 Å². The highest BCUT2D eigenvalue weighted by molar-refractivity contribution is 5.81. The summed E-state index contributed by atoms with van der Waals surface area (Å²) in [5.74, 6) is -0.288. The van der Waals surface area contributed by atoms with Gasteiger partial charge in [0.25, 0.3) is 0 Å². The zero-order valence-corrected chi connectivity index (χ0v) is 11.4. The lowest BCUT2D eigenvalue weighted by atomic mass is 9.82. The molecule has 2 rings (SSSR count).